The van der Waals surface area contributed by atoms with Crippen LogP contribution in [0.4, 0.5) is 11.5 Å². The molecule has 2 rings (SSSR count). The van der Waals surface area contributed by atoms with E-state index in [1.165, 1.54) is 6.07 Å². The Bertz CT molecular complexity index is 605. The van der Waals surface area contributed by atoms with E-state index in [4.69, 9.17) is 10.3 Å². The van der Waals surface area contributed by atoms with Crippen LogP contribution in [0.25, 0.3) is 11.3 Å². The number of anilines is 1. The van der Waals surface area contributed by atoms with E-state index in [0.717, 1.165) is 5.56 Å². The number of aromatic nitrogens is 1. The highest BCUT2D eigenvalue weighted by molar-refractivity contribution is 5.75. The lowest BCUT2D eigenvalue weighted by Crippen LogP contribution is -1.95. The smallest absolute Gasteiger partial charge is 0.280 e. The Morgan fingerprint density at radius 2 is 2.22 bits per heavy atom. The van der Waals surface area contributed by atoms with Crippen LogP contribution < -0.4 is 5.73 Å². The molecule has 0 spiro atoms. The summed E-state index contributed by atoms with van der Waals surface area (Å²) >= 11 is 0. The number of rotatable bonds is 3. The first-order chi connectivity index (χ1) is 8.54. The van der Waals surface area contributed by atoms with E-state index in [0.29, 0.717) is 23.3 Å². The van der Waals surface area contributed by atoms with Crippen molar-refractivity contribution in [3.05, 3.63) is 39.4 Å². The third-order valence-corrected chi connectivity index (χ3v) is 2.77. The van der Waals surface area contributed by atoms with Gasteiger partial charge >= 0.3 is 0 Å². The van der Waals surface area contributed by atoms with Crippen molar-refractivity contribution in [3.63, 3.8) is 0 Å². The van der Waals surface area contributed by atoms with Gasteiger partial charge in [0.15, 0.2) is 11.6 Å². The summed E-state index contributed by atoms with van der Waals surface area (Å²) in [6, 6.07) is 4.85. The summed E-state index contributed by atoms with van der Waals surface area (Å²) in [6.07, 6.45) is 0.607. The van der Waals surface area contributed by atoms with Crippen molar-refractivity contribution in [1.82, 2.24) is 5.16 Å². The first-order valence-electron chi connectivity index (χ1n) is 5.54. The molecule has 6 nitrogen and oxygen atoms in total. The van der Waals surface area contributed by atoms with Crippen LogP contribution in [0.2, 0.25) is 0 Å². The summed E-state index contributed by atoms with van der Waals surface area (Å²) in [5.74, 6) is 0.661. The molecule has 0 unspecified atom stereocenters. The van der Waals surface area contributed by atoms with Gasteiger partial charge in [0, 0.05) is 11.6 Å². The van der Waals surface area contributed by atoms with Gasteiger partial charge in [-0.2, -0.15) is 0 Å². The van der Waals surface area contributed by atoms with E-state index in [1.54, 1.807) is 12.1 Å². The average molecular weight is 247 g/mol. The number of hydrogen-bond acceptors (Lipinski definition) is 5. The van der Waals surface area contributed by atoms with Gasteiger partial charge in [-0.3, -0.25) is 10.1 Å². The van der Waals surface area contributed by atoms with Crippen LogP contribution >= 0.6 is 0 Å². The third kappa shape index (κ3) is 1.92. The molecule has 0 saturated carbocycles. The van der Waals surface area contributed by atoms with E-state index in [-0.39, 0.29) is 11.5 Å². The summed E-state index contributed by atoms with van der Waals surface area (Å²) in [7, 11) is 0. The number of nitro groups is 1. The minimum atomic E-state index is -0.438. The van der Waals surface area contributed by atoms with Crippen molar-refractivity contribution in [2.45, 2.75) is 20.3 Å². The number of nitrogens with zero attached hydrogens (tertiary/aromatic N) is 2. The largest absolute Gasteiger partial charge is 0.381 e. The molecule has 6 heteroatoms. The second kappa shape index (κ2) is 4.48. The lowest BCUT2D eigenvalue weighted by Gasteiger charge is -2.02. The van der Waals surface area contributed by atoms with E-state index < -0.39 is 4.92 Å². The van der Waals surface area contributed by atoms with Crippen molar-refractivity contribution in [2.24, 2.45) is 0 Å². The van der Waals surface area contributed by atoms with Crippen molar-refractivity contribution >= 4 is 11.5 Å². The number of aryl methyl sites for hydroxylation is 1. The molecule has 0 bridgehead atoms. The molecule has 1 heterocycles. The Kier molecular flexibility index (Phi) is 3.01. The van der Waals surface area contributed by atoms with Crippen molar-refractivity contribution < 1.29 is 9.45 Å². The zero-order chi connectivity index (χ0) is 13.3. The topological polar surface area (TPSA) is 95.2 Å². The highest BCUT2D eigenvalue weighted by Crippen LogP contribution is 2.35. The lowest BCUT2D eigenvalue weighted by atomic mass is 10.0. The average Bonchev–Trinajstić information content (AvgIpc) is 2.69. The van der Waals surface area contributed by atoms with Crippen LogP contribution in [0.1, 0.15) is 18.1 Å². The number of benzene rings is 1. The molecule has 2 aromatic rings. The molecule has 0 amide bonds. The van der Waals surface area contributed by atoms with Crippen molar-refractivity contribution in [1.29, 1.82) is 0 Å². The highest BCUT2D eigenvalue weighted by atomic mass is 16.6. The van der Waals surface area contributed by atoms with E-state index >= 15 is 0 Å². The molecule has 0 saturated heterocycles. The lowest BCUT2D eigenvalue weighted by molar-refractivity contribution is -0.384. The fourth-order valence-electron chi connectivity index (χ4n) is 1.87. The standard InChI is InChI=1S/C12H13N3O3/c1-3-8-11(18-14-12(8)13)9-6-7(2)4-5-10(9)15(16)17/h4-6H,3H2,1-2H3,(H2,13,14). The molecule has 0 aliphatic carbocycles. The second-order valence-electron chi connectivity index (χ2n) is 4.01. The van der Waals surface area contributed by atoms with Crippen LogP contribution in [-0.4, -0.2) is 10.1 Å². The van der Waals surface area contributed by atoms with Gasteiger partial charge in [0.1, 0.15) is 0 Å². The Hall–Kier alpha value is -2.37. The first kappa shape index (κ1) is 12.1. The van der Waals surface area contributed by atoms with Crippen LogP contribution in [0.5, 0.6) is 0 Å². The van der Waals surface area contributed by atoms with Gasteiger partial charge in [0.25, 0.3) is 5.69 Å². The van der Waals surface area contributed by atoms with E-state index in [1.807, 2.05) is 13.8 Å². The van der Waals surface area contributed by atoms with Crippen LogP contribution in [0.3, 0.4) is 0 Å². The second-order valence-corrected chi connectivity index (χ2v) is 4.01. The molecule has 0 fully saturated rings. The van der Waals surface area contributed by atoms with Gasteiger partial charge in [-0.1, -0.05) is 18.1 Å². The maximum absolute atomic E-state index is 11.0. The van der Waals surface area contributed by atoms with E-state index in [9.17, 15) is 10.1 Å². The Labute approximate surface area is 104 Å². The Balaban J connectivity index is 2.69. The molecule has 0 aliphatic heterocycles. The normalized spacial score (nSPS) is 10.6. The molecule has 1 aromatic heterocycles. The van der Waals surface area contributed by atoms with Gasteiger partial charge in [0.2, 0.25) is 0 Å². The van der Waals surface area contributed by atoms with Gasteiger partial charge in [-0.05, 0) is 25.0 Å². The third-order valence-electron chi connectivity index (χ3n) is 2.77. The molecule has 94 valence electrons. The molecule has 0 radical (unpaired) electrons. The number of nitro benzene ring substituents is 1. The zero-order valence-electron chi connectivity index (χ0n) is 10.1. The Morgan fingerprint density at radius 1 is 1.50 bits per heavy atom. The summed E-state index contributed by atoms with van der Waals surface area (Å²) in [4.78, 5) is 10.6. The highest BCUT2D eigenvalue weighted by Gasteiger charge is 2.22. The van der Waals surface area contributed by atoms with Crippen LogP contribution in [0, 0.1) is 17.0 Å². The van der Waals surface area contributed by atoms with Crippen molar-refractivity contribution in [2.75, 3.05) is 5.73 Å². The molecular weight excluding hydrogens is 234 g/mol. The van der Waals surface area contributed by atoms with Gasteiger partial charge in [0.05, 0.1) is 10.5 Å². The zero-order valence-corrected chi connectivity index (χ0v) is 10.1. The fourth-order valence-corrected chi connectivity index (χ4v) is 1.87. The monoisotopic (exact) mass is 247 g/mol. The first-order valence-corrected chi connectivity index (χ1v) is 5.54. The molecule has 2 N–H and O–H groups in total. The number of nitrogens with two attached hydrogens (primary N) is 1. The van der Waals surface area contributed by atoms with Gasteiger partial charge in [-0.25, -0.2) is 0 Å². The summed E-state index contributed by atoms with van der Waals surface area (Å²) < 4.78 is 5.14. The van der Waals surface area contributed by atoms with Gasteiger partial charge < -0.3 is 10.3 Å². The number of nitrogen functional groups attached to an aromatic ring is 1. The van der Waals surface area contributed by atoms with Crippen molar-refractivity contribution in [3.8, 4) is 11.3 Å². The molecule has 0 atom stereocenters. The maximum Gasteiger partial charge on any atom is 0.280 e. The quantitative estimate of drug-likeness (QED) is 0.664. The SMILES string of the molecule is CCc1c(N)noc1-c1cc(C)ccc1[N+](=O)[O-]. The summed E-state index contributed by atoms with van der Waals surface area (Å²) in [5, 5.41) is 14.7. The minimum absolute atomic E-state index is 0.00792. The summed E-state index contributed by atoms with van der Waals surface area (Å²) in [5.41, 5.74) is 7.70. The maximum atomic E-state index is 11.0. The predicted molar refractivity (Wildman–Crippen MR) is 67.1 cm³/mol. The predicted octanol–water partition coefficient (Wildman–Crippen LogP) is 2.70. The minimum Gasteiger partial charge on any atom is -0.381 e. The Morgan fingerprint density at radius 3 is 2.83 bits per heavy atom. The van der Waals surface area contributed by atoms with Crippen LogP contribution in [-0.2, 0) is 6.42 Å². The van der Waals surface area contributed by atoms with Crippen LogP contribution in [0.15, 0.2) is 22.7 Å². The van der Waals surface area contributed by atoms with E-state index in [2.05, 4.69) is 5.16 Å². The number of hydrogen-bond donors (Lipinski definition) is 1. The van der Waals surface area contributed by atoms with Gasteiger partial charge in [-0.15, -0.1) is 0 Å². The molecular formula is C12H13N3O3. The molecule has 18 heavy (non-hydrogen) atoms. The fraction of sp³-hybridized carbons (Fsp3) is 0.250. The summed E-state index contributed by atoms with van der Waals surface area (Å²) in [6.45, 7) is 3.76. The molecule has 0 aliphatic rings. The molecule has 1 aromatic carbocycles.